The molecule has 43 heavy (non-hydrogen) atoms. The number of halogens is 1. The van der Waals surface area contributed by atoms with Crippen LogP contribution in [0.2, 0.25) is 5.02 Å². The van der Waals surface area contributed by atoms with Crippen LogP contribution in [0, 0.1) is 5.92 Å². The molecule has 1 aliphatic heterocycles. The molecule has 4 amide bonds. The van der Waals surface area contributed by atoms with Gasteiger partial charge in [-0.15, -0.1) is 0 Å². The van der Waals surface area contributed by atoms with Crippen LogP contribution in [-0.2, 0) is 36.0 Å². The monoisotopic (exact) mass is 612 g/mol. The van der Waals surface area contributed by atoms with Crippen LogP contribution < -0.4 is 21.3 Å². The normalized spacial score (nSPS) is 17.2. The van der Waals surface area contributed by atoms with Gasteiger partial charge in [-0.1, -0.05) is 73.8 Å². The summed E-state index contributed by atoms with van der Waals surface area (Å²) >= 11 is 6.16. The molecule has 0 bridgehead atoms. The zero-order valence-corrected chi connectivity index (χ0v) is 25.4. The van der Waals surface area contributed by atoms with E-state index in [0.717, 1.165) is 12.0 Å². The lowest BCUT2D eigenvalue weighted by molar-refractivity contribution is -0.141. The van der Waals surface area contributed by atoms with E-state index < -0.39 is 47.1 Å². The molecule has 0 spiro atoms. The van der Waals surface area contributed by atoms with Gasteiger partial charge < -0.3 is 26.4 Å². The number of hydrogen-bond donors (Lipinski definition) is 5. The number of ketones is 1. The summed E-state index contributed by atoms with van der Waals surface area (Å²) in [6.45, 7) is 4.29. The van der Waals surface area contributed by atoms with Gasteiger partial charge in [-0.05, 0) is 49.4 Å². The second kappa shape index (κ2) is 16.2. The first-order valence-electron chi connectivity index (χ1n) is 14.8. The fourth-order valence-electron chi connectivity index (χ4n) is 5.25. The summed E-state index contributed by atoms with van der Waals surface area (Å²) in [5.74, 6) is -3.67. The molecule has 11 heteroatoms. The molecular formula is C32H41ClN4O6. The van der Waals surface area contributed by atoms with Gasteiger partial charge in [-0.2, -0.15) is 0 Å². The molecule has 232 valence electrons. The van der Waals surface area contributed by atoms with Crippen molar-refractivity contribution in [2.45, 2.75) is 76.5 Å². The molecule has 1 saturated heterocycles. The minimum Gasteiger partial charge on any atom is -0.384 e. The quantitative estimate of drug-likeness (QED) is 0.184. The van der Waals surface area contributed by atoms with Crippen LogP contribution in [0.5, 0.6) is 0 Å². The third-order valence-corrected chi connectivity index (χ3v) is 7.76. The van der Waals surface area contributed by atoms with Crippen LogP contribution in [0.1, 0.15) is 63.5 Å². The fourth-order valence-corrected chi connectivity index (χ4v) is 5.46. The van der Waals surface area contributed by atoms with Crippen molar-refractivity contribution in [2.75, 3.05) is 13.1 Å². The smallest absolute Gasteiger partial charge is 0.289 e. The number of unbranched alkanes of at least 4 members (excludes halogenated alkanes) is 1. The molecule has 4 atom stereocenters. The number of rotatable bonds is 16. The van der Waals surface area contributed by atoms with Crippen molar-refractivity contribution in [3.05, 3.63) is 70.7 Å². The first-order chi connectivity index (χ1) is 20.6. The summed E-state index contributed by atoms with van der Waals surface area (Å²) in [6.07, 6.45) is 1.82. The molecule has 0 aromatic heterocycles. The molecule has 1 unspecified atom stereocenters. The Kier molecular flexibility index (Phi) is 12.7. The molecule has 1 aliphatic rings. The lowest BCUT2D eigenvalue weighted by atomic mass is 9.84. The van der Waals surface area contributed by atoms with Gasteiger partial charge in [0.15, 0.2) is 0 Å². The number of carbonyl (C=O) groups is 5. The maximum absolute atomic E-state index is 13.5. The second-order valence-electron chi connectivity index (χ2n) is 10.9. The largest absolute Gasteiger partial charge is 0.384 e. The Bertz CT molecular complexity index is 1290. The van der Waals surface area contributed by atoms with Crippen LogP contribution in [-0.4, -0.2) is 59.7 Å². The van der Waals surface area contributed by atoms with Crippen molar-refractivity contribution >= 4 is 41.0 Å². The summed E-state index contributed by atoms with van der Waals surface area (Å²) in [6, 6.07) is 13.6. The Labute approximate surface area is 257 Å². The minimum absolute atomic E-state index is 0.0324. The maximum atomic E-state index is 13.5. The van der Waals surface area contributed by atoms with Gasteiger partial charge in [0.2, 0.25) is 23.5 Å². The molecule has 1 heterocycles. The third-order valence-electron chi connectivity index (χ3n) is 7.52. The maximum Gasteiger partial charge on any atom is 0.289 e. The molecule has 5 N–H and O–H groups in total. The van der Waals surface area contributed by atoms with Crippen LogP contribution in [0.3, 0.4) is 0 Å². The van der Waals surface area contributed by atoms with Gasteiger partial charge in [0.1, 0.15) is 11.6 Å². The van der Waals surface area contributed by atoms with E-state index >= 15 is 0 Å². The lowest BCUT2D eigenvalue weighted by Gasteiger charge is -2.30. The summed E-state index contributed by atoms with van der Waals surface area (Å²) in [7, 11) is 0. The number of nitrogens with one attached hydrogen (secondary N) is 4. The standard InChI is InChI=1S/C32H41ClN4O6/c1-3-5-14-25(30(41)37-26(28(39)31(42)34-4-2)18-22-15-16-35-29(22)40)36-27(38)20-32(43,23-11-7-6-8-12-23)19-21-10-9-13-24(33)17-21/h6-13,17,22,25-26,43H,3-5,14-16,18-20H2,1-2H3,(H,34,42)(H,35,40)(H,36,38)(H,37,41)/t22-,25-,26-,32?/m0/s1. The highest BCUT2D eigenvalue weighted by Crippen LogP contribution is 2.30. The Hall–Kier alpha value is -3.76. The van der Waals surface area contributed by atoms with Crippen molar-refractivity contribution in [3.8, 4) is 0 Å². The fraction of sp³-hybridized carbons (Fsp3) is 0.469. The molecule has 1 fully saturated rings. The SMILES string of the molecule is CCCC[C@H](NC(=O)CC(O)(Cc1cccc(Cl)c1)c1ccccc1)C(=O)N[C@@H](C[C@@H]1CCNC1=O)C(=O)C(=O)NCC. The summed E-state index contributed by atoms with van der Waals surface area (Å²) in [5, 5.41) is 22.8. The van der Waals surface area contributed by atoms with E-state index in [0.29, 0.717) is 30.0 Å². The predicted octanol–water partition coefficient (Wildman–Crippen LogP) is 2.55. The van der Waals surface area contributed by atoms with Crippen molar-refractivity contribution in [3.63, 3.8) is 0 Å². The van der Waals surface area contributed by atoms with E-state index in [-0.39, 0.29) is 38.1 Å². The average Bonchev–Trinajstić information content (AvgIpc) is 3.38. The van der Waals surface area contributed by atoms with Crippen molar-refractivity contribution in [1.82, 2.24) is 21.3 Å². The molecular weight excluding hydrogens is 572 g/mol. The number of benzene rings is 2. The zero-order valence-electron chi connectivity index (χ0n) is 24.7. The number of Topliss-reactive ketones (excluding diaryl/α,β-unsaturated/α-hetero) is 1. The van der Waals surface area contributed by atoms with Gasteiger partial charge in [0.05, 0.1) is 12.5 Å². The Morgan fingerprint density at radius 2 is 1.79 bits per heavy atom. The number of likely N-dealkylation sites (N-methyl/N-ethyl adjacent to an activating group) is 1. The van der Waals surface area contributed by atoms with Gasteiger partial charge in [0.25, 0.3) is 5.91 Å². The molecule has 0 aliphatic carbocycles. The minimum atomic E-state index is -1.60. The van der Waals surface area contributed by atoms with Gasteiger partial charge in [-0.3, -0.25) is 24.0 Å². The highest BCUT2D eigenvalue weighted by molar-refractivity contribution is 6.38. The van der Waals surface area contributed by atoms with Gasteiger partial charge in [0, 0.05) is 30.5 Å². The van der Waals surface area contributed by atoms with Crippen molar-refractivity contribution in [2.24, 2.45) is 5.92 Å². The molecule has 0 radical (unpaired) electrons. The molecule has 2 aromatic rings. The van der Waals surface area contributed by atoms with Crippen molar-refractivity contribution in [1.29, 1.82) is 0 Å². The van der Waals surface area contributed by atoms with Gasteiger partial charge >= 0.3 is 0 Å². The topological polar surface area (TPSA) is 154 Å². The van der Waals surface area contributed by atoms with Crippen LogP contribution in [0.4, 0.5) is 0 Å². The lowest BCUT2D eigenvalue weighted by Crippen LogP contribution is -2.55. The first-order valence-corrected chi connectivity index (χ1v) is 15.2. The van der Waals surface area contributed by atoms with E-state index in [9.17, 15) is 29.1 Å². The van der Waals surface area contributed by atoms with E-state index in [1.54, 1.807) is 49.4 Å². The Morgan fingerprint density at radius 1 is 1.05 bits per heavy atom. The van der Waals surface area contributed by atoms with Crippen LogP contribution >= 0.6 is 11.6 Å². The highest BCUT2D eigenvalue weighted by Gasteiger charge is 2.37. The molecule has 3 rings (SSSR count). The summed E-state index contributed by atoms with van der Waals surface area (Å²) in [5.41, 5.74) is -0.342. The first kappa shape index (κ1) is 33.7. The summed E-state index contributed by atoms with van der Waals surface area (Å²) < 4.78 is 0. The number of amides is 4. The number of carbonyl (C=O) groups excluding carboxylic acids is 5. The van der Waals surface area contributed by atoms with E-state index in [4.69, 9.17) is 11.6 Å². The summed E-state index contributed by atoms with van der Waals surface area (Å²) in [4.78, 5) is 64.5. The van der Waals surface area contributed by atoms with Crippen LogP contribution in [0.25, 0.3) is 0 Å². The highest BCUT2D eigenvalue weighted by atomic mass is 35.5. The molecule has 0 saturated carbocycles. The number of hydrogen-bond acceptors (Lipinski definition) is 6. The van der Waals surface area contributed by atoms with Gasteiger partial charge in [-0.25, -0.2) is 0 Å². The molecule has 2 aromatic carbocycles. The predicted molar refractivity (Wildman–Crippen MR) is 163 cm³/mol. The average molecular weight is 613 g/mol. The zero-order chi connectivity index (χ0) is 31.4. The third kappa shape index (κ3) is 9.90. The Morgan fingerprint density at radius 3 is 2.42 bits per heavy atom. The van der Waals surface area contributed by atoms with Crippen molar-refractivity contribution < 1.29 is 29.1 Å². The van der Waals surface area contributed by atoms with E-state index in [1.807, 2.05) is 19.1 Å². The van der Waals surface area contributed by atoms with E-state index in [2.05, 4.69) is 21.3 Å². The second-order valence-corrected chi connectivity index (χ2v) is 11.4. The van der Waals surface area contributed by atoms with Crippen LogP contribution in [0.15, 0.2) is 54.6 Å². The molecule has 10 nitrogen and oxygen atoms in total. The number of aliphatic hydroxyl groups is 1. The Balaban J connectivity index is 1.80. The van der Waals surface area contributed by atoms with E-state index in [1.165, 1.54) is 0 Å².